The van der Waals surface area contributed by atoms with Gasteiger partial charge in [0.05, 0.1) is 17.9 Å². The summed E-state index contributed by atoms with van der Waals surface area (Å²) in [7, 11) is 0. The number of carbonyl (C=O) groups excluding carboxylic acids is 4. The van der Waals surface area contributed by atoms with Gasteiger partial charge in [0, 0.05) is 17.2 Å². The fourth-order valence-electron chi connectivity index (χ4n) is 5.96. The summed E-state index contributed by atoms with van der Waals surface area (Å²) < 4.78 is 6.29. The smallest absolute Gasteiger partial charge is 0.237 e. The van der Waals surface area contributed by atoms with Crippen LogP contribution in [-0.2, 0) is 20.7 Å². The first kappa shape index (κ1) is 21.6. The maximum absolute atomic E-state index is 13.9. The number of benzene rings is 3. The minimum atomic E-state index is -2.02. The van der Waals surface area contributed by atoms with E-state index in [1.54, 1.807) is 36.4 Å². The van der Waals surface area contributed by atoms with E-state index in [4.69, 9.17) is 4.74 Å². The first-order valence-corrected chi connectivity index (χ1v) is 11.8. The van der Waals surface area contributed by atoms with Crippen LogP contribution in [0.15, 0.2) is 84.9 Å². The Kier molecular flexibility index (Phi) is 4.83. The third-order valence-corrected chi connectivity index (χ3v) is 7.50. The van der Waals surface area contributed by atoms with Crippen molar-refractivity contribution in [1.29, 1.82) is 0 Å². The van der Waals surface area contributed by atoms with Gasteiger partial charge in [0.2, 0.25) is 29.0 Å². The Hall–Kier alpha value is -3.90. The number of hydrogen-bond acceptors (Lipinski definition) is 5. The number of imide groups is 1. The molecule has 3 aliphatic rings. The van der Waals surface area contributed by atoms with E-state index in [2.05, 4.69) is 0 Å². The van der Waals surface area contributed by atoms with E-state index in [1.807, 2.05) is 55.5 Å². The highest BCUT2D eigenvalue weighted by atomic mass is 16.5. The normalized spacial score (nSPS) is 25.3. The van der Waals surface area contributed by atoms with Crippen LogP contribution in [0.4, 0.5) is 0 Å². The van der Waals surface area contributed by atoms with E-state index >= 15 is 0 Å². The molecule has 2 fully saturated rings. The molecular weight excluding hydrogens is 442 g/mol. The van der Waals surface area contributed by atoms with Crippen LogP contribution in [0.2, 0.25) is 0 Å². The zero-order valence-electron chi connectivity index (χ0n) is 19.1. The number of hydrogen-bond donors (Lipinski definition) is 0. The standard InChI is InChI=1S/C29H23NO5/c1-17(16-18-10-4-2-5-11-18)30-27(33)22-23(28(30)34)29(35-24(22)19-12-6-3-7-13-19)25(31)20-14-8-9-15-21(20)26(29)32/h2-15,17,22-24H,16H2,1H3/t17-,22+,23+,24-/m1/s1. The summed E-state index contributed by atoms with van der Waals surface area (Å²) in [6.45, 7) is 1.82. The molecule has 2 amide bonds. The lowest BCUT2D eigenvalue weighted by molar-refractivity contribution is -0.147. The molecule has 1 aliphatic carbocycles. The summed E-state index contributed by atoms with van der Waals surface area (Å²) in [4.78, 5) is 56.5. The molecule has 0 N–H and O–H groups in total. The Morgan fingerprint density at radius 3 is 1.91 bits per heavy atom. The van der Waals surface area contributed by atoms with Gasteiger partial charge < -0.3 is 4.74 Å². The predicted octanol–water partition coefficient (Wildman–Crippen LogP) is 3.81. The third kappa shape index (κ3) is 2.93. The molecule has 0 saturated carbocycles. The first-order chi connectivity index (χ1) is 16.9. The Balaban J connectivity index is 1.46. The summed E-state index contributed by atoms with van der Waals surface area (Å²) in [6, 6.07) is 24.7. The van der Waals surface area contributed by atoms with Gasteiger partial charge in [-0.05, 0) is 24.5 Å². The molecule has 2 heterocycles. The molecule has 2 saturated heterocycles. The highest BCUT2D eigenvalue weighted by molar-refractivity contribution is 6.35. The highest BCUT2D eigenvalue weighted by Crippen LogP contribution is 2.57. The molecule has 6 heteroatoms. The number of ketones is 2. The summed E-state index contributed by atoms with van der Waals surface area (Å²) >= 11 is 0. The van der Waals surface area contributed by atoms with Gasteiger partial charge in [-0.2, -0.15) is 0 Å². The van der Waals surface area contributed by atoms with Gasteiger partial charge >= 0.3 is 0 Å². The second-order valence-electron chi connectivity index (χ2n) is 9.48. The van der Waals surface area contributed by atoms with Gasteiger partial charge in [-0.3, -0.25) is 24.1 Å². The molecule has 6 nitrogen and oxygen atoms in total. The van der Waals surface area contributed by atoms with Crippen molar-refractivity contribution in [3.05, 3.63) is 107 Å². The Morgan fingerprint density at radius 1 is 0.771 bits per heavy atom. The van der Waals surface area contributed by atoms with Gasteiger partial charge in [0.1, 0.15) is 0 Å². The molecule has 35 heavy (non-hydrogen) atoms. The number of amides is 2. The van der Waals surface area contributed by atoms with Gasteiger partial charge in [-0.15, -0.1) is 0 Å². The lowest BCUT2D eigenvalue weighted by atomic mass is 9.77. The maximum Gasteiger partial charge on any atom is 0.237 e. The molecule has 1 spiro atoms. The van der Waals surface area contributed by atoms with Crippen molar-refractivity contribution < 1.29 is 23.9 Å². The summed E-state index contributed by atoms with van der Waals surface area (Å²) in [5.41, 5.74) is 0.100. The van der Waals surface area contributed by atoms with Crippen LogP contribution >= 0.6 is 0 Å². The topological polar surface area (TPSA) is 80.8 Å². The van der Waals surface area contributed by atoms with Crippen LogP contribution in [-0.4, -0.2) is 39.9 Å². The third-order valence-electron chi connectivity index (χ3n) is 7.50. The molecule has 0 bridgehead atoms. The van der Waals surface area contributed by atoms with E-state index in [0.29, 0.717) is 12.0 Å². The lowest BCUT2D eigenvalue weighted by Gasteiger charge is -2.29. The van der Waals surface area contributed by atoms with Gasteiger partial charge in [0.15, 0.2) is 0 Å². The largest absolute Gasteiger partial charge is 0.349 e. The van der Waals surface area contributed by atoms with E-state index in [9.17, 15) is 19.2 Å². The van der Waals surface area contributed by atoms with Crippen LogP contribution < -0.4 is 0 Å². The molecule has 3 aromatic carbocycles. The van der Waals surface area contributed by atoms with Crippen molar-refractivity contribution in [2.24, 2.45) is 11.8 Å². The van der Waals surface area contributed by atoms with Gasteiger partial charge in [0.25, 0.3) is 0 Å². The van der Waals surface area contributed by atoms with Gasteiger partial charge in [-0.25, -0.2) is 0 Å². The number of ether oxygens (including phenoxy) is 1. The average Bonchev–Trinajstić information content (AvgIpc) is 3.45. The maximum atomic E-state index is 13.9. The molecule has 4 atom stereocenters. The van der Waals surface area contributed by atoms with Crippen LogP contribution in [0.1, 0.15) is 44.9 Å². The number of carbonyl (C=O) groups is 4. The summed E-state index contributed by atoms with van der Waals surface area (Å²) in [5.74, 6) is -4.14. The second-order valence-corrected chi connectivity index (χ2v) is 9.48. The molecule has 0 radical (unpaired) electrons. The van der Waals surface area contributed by atoms with Crippen molar-refractivity contribution >= 4 is 23.4 Å². The van der Waals surface area contributed by atoms with Crippen molar-refractivity contribution in [2.75, 3.05) is 0 Å². The molecular formula is C29H23NO5. The number of rotatable bonds is 4. The Morgan fingerprint density at radius 2 is 1.31 bits per heavy atom. The minimum Gasteiger partial charge on any atom is -0.349 e. The molecule has 6 rings (SSSR count). The van der Waals surface area contributed by atoms with Crippen molar-refractivity contribution in [3.8, 4) is 0 Å². The molecule has 3 aromatic rings. The summed E-state index contributed by atoms with van der Waals surface area (Å²) in [5, 5.41) is 0. The predicted molar refractivity (Wildman–Crippen MR) is 127 cm³/mol. The van der Waals surface area contributed by atoms with E-state index in [0.717, 1.165) is 5.56 Å². The Bertz CT molecular complexity index is 1330. The summed E-state index contributed by atoms with van der Waals surface area (Å²) in [6.07, 6.45) is -0.405. The number of fused-ring (bicyclic) bond motifs is 3. The average molecular weight is 466 g/mol. The Labute approximate surface area is 202 Å². The SMILES string of the molecule is C[C@H](Cc1ccccc1)N1C(=O)[C@@H]2[C@@H](c3ccccc3)OC3(C(=O)c4ccccc4C3=O)[C@@H]2C1=O. The molecule has 0 aromatic heterocycles. The van der Waals surface area contributed by atoms with Gasteiger partial charge in [-0.1, -0.05) is 84.9 Å². The lowest BCUT2D eigenvalue weighted by Crippen LogP contribution is -2.52. The minimum absolute atomic E-state index is 0.237. The van der Waals surface area contributed by atoms with Crippen molar-refractivity contribution in [1.82, 2.24) is 4.90 Å². The van der Waals surface area contributed by atoms with Crippen LogP contribution in [0.25, 0.3) is 0 Å². The fraction of sp³-hybridized carbons (Fsp3) is 0.241. The van der Waals surface area contributed by atoms with Crippen molar-refractivity contribution in [2.45, 2.75) is 31.1 Å². The number of likely N-dealkylation sites (tertiary alicyclic amines) is 1. The fourth-order valence-corrected chi connectivity index (χ4v) is 5.96. The van der Waals surface area contributed by atoms with E-state index in [-0.39, 0.29) is 11.1 Å². The molecule has 174 valence electrons. The highest BCUT2D eigenvalue weighted by Gasteiger charge is 2.74. The second kappa shape index (κ2) is 7.82. The zero-order valence-corrected chi connectivity index (χ0v) is 19.1. The number of nitrogens with zero attached hydrogens (tertiary/aromatic N) is 1. The van der Waals surface area contributed by atoms with Crippen LogP contribution in [0.3, 0.4) is 0 Å². The quantitative estimate of drug-likeness (QED) is 0.432. The van der Waals surface area contributed by atoms with E-state index in [1.165, 1.54) is 4.90 Å². The molecule has 0 unspecified atom stereocenters. The first-order valence-electron chi connectivity index (χ1n) is 11.8. The van der Waals surface area contributed by atoms with Crippen molar-refractivity contribution in [3.63, 3.8) is 0 Å². The molecule has 2 aliphatic heterocycles. The van der Waals surface area contributed by atoms with Crippen LogP contribution in [0, 0.1) is 11.8 Å². The van der Waals surface area contributed by atoms with Crippen LogP contribution in [0.5, 0.6) is 0 Å². The van der Waals surface area contributed by atoms with E-state index < -0.39 is 53.0 Å². The monoisotopic (exact) mass is 465 g/mol. The number of Topliss-reactive ketones (excluding diaryl/α,β-unsaturated/α-hetero) is 2. The zero-order chi connectivity index (χ0) is 24.3.